The molecule has 0 bridgehead atoms. The monoisotopic (exact) mass is 319 g/mol. The minimum absolute atomic E-state index is 0.0386. The molecule has 118 valence electrons. The van der Waals surface area contributed by atoms with Crippen LogP contribution in [0.5, 0.6) is 5.88 Å². The highest BCUT2D eigenvalue weighted by Gasteiger charge is 2.30. The molecule has 1 aromatic rings. The topological polar surface area (TPSA) is 99.7 Å². The summed E-state index contributed by atoms with van der Waals surface area (Å²) in [5, 5.41) is 23.7. The lowest BCUT2D eigenvalue weighted by atomic mass is 10.1. The summed E-state index contributed by atoms with van der Waals surface area (Å²) in [5.74, 6) is -0.0527. The summed E-state index contributed by atoms with van der Waals surface area (Å²) < 4.78 is 12.2. The van der Waals surface area contributed by atoms with Crippen LogP contribution in [-0.4, -0.2) is 51.6 Å². The van der Waals surface area contributed by atoms with E-state index in [1.807, 2.05) is 0 Å². The first-order chi connectivity index (χ1) is 10.0. The molecule has 1 unspecified atom stereocenters. The zero-order valence-corrected chi connectivity index (χ0v) is 12.5. The predicted octanol–water partition coefficient (Wildman–Crippen LogP) is 1.43. The molecule has 2 rings (SSSR count). The Kier molecular flexibility index (Phi) is 5.38. The van der Waals surface area contributed by atoms with Gasteiger partial charge in [-0.05, 0) is 19.8 Å². The van der Waals surface area contributed by atoms with Crippen molar-refractivity contribution in [3.8, 4) is 5.88 Å². The number of hydrogen-bond acceptors (Lipinski definition) is 6. The molecule has 0 aliphatic carbocycles. The predicted molar refractivity (Wildman–Crippen MR) is 74.9 cm³/mol. The summed E-state index contributed by atoms with van der Waals surface area (Å²) in [6, 6.07) is 0.0689. The summed E-state index contributed by atoms with van der Waals surface area (Å²) in [5.41, 5.74) is 0.306. The van der Waals surface area contributed by atoms with Gasteiger partial charge in [0.1, 0.15) is 12.3 Å². The van der Waals surface area contributed by atoms with Crippen LogP contribution in [-0.2, 0) is 4.74 Å². The van der Waals surface area contributed by atoms with E-state index in [4.69, 9.17) is 26.2 Å². The Morgan fingerprint density at radius 3 is 2.86 bits per heavy atom. The van der Waals surface area contributed by atoms with E-state index >= 15 is 0 Å². The third-order valence-corrected chi connectivity index (χ3v) is 3.67. The maximum Gasteiger partial charge on any atom is 0.352 e. The molecule has 1 aliphatic rings. The van der Waals surface area contributed by atoms with Gasteiger partial charge in [-0.15, -0.1) is 16.7 Å². The molecule has 1 fully saturated rings. The smallest absolute Gasteiger partial charge is 0.352 e. The van der Waals surface area contributed by atoms with E-state index in [1.165, 1.54) is 0 Å². The molecule has 9 heteroatoms. The normalized spacial score (nSPS) is 17.7. The number of nitro groups is 1. The van der Waals surface area contributed by atoms with Crippen molar-refractivity contribution in [2.24, 2.45) is 0 Å². The number of aliphatic hydroxyl groups excluding tert-OH is 1. The Hall–Kier alpha value is -1.38. The van der Waals surface area contributed by atoms with Crippen LogP contribution in [0.4, 0.5) is 5.69 Å². The van der Waals surface area contributed by atoms with Gasteiger partial charge in [0.2, 0.25) is 0 Å². The molecule has 21 heavy (non-hydrogen) atoms. The highest BCUT2D eigenvalue weighted by molar-refractivity contribution is 6.20. The first-order valence-corrected chi connectivity index (χ1v) is 7.17. The maximum atomic E-state index is 11.2. The third kappa shape index (κ3) is 3.63. The van der Waals surface area contributed by atoms with Gasteiger partial charge < -0.3 is 14.6 Å². The van der Waals surface area contributed by atoms with Gasteiger partial charge in [-0.3, -0.25) is 14.8 Å². The number of rotatable bonds is 6. The van der Waals surface area contributed by atoms with E-state index in [9.17, 15) is 10.1 Å². The Balaban J connectivity index is 2.24. The average Bonchev–Trinajstić information content (AvgIpc) is 2.82. The van der Waals surface area contributed by atoms with Crippen LogP contribution < -0.4 is 4.74 Å². The van der Waals surface area contributed by atoms with Crippen molar-refractivity contribution in [1.29, 1.82) is 0 Å². The van der Waals surface area contributed by atoms with Crippen molar-refractivity contribution >= 4 is 17.3 Å². The standard InChI is InChI=1S/C12H18ClN3O5/c1-8-11(16(18)19)12(21-7-9(13)6-17)14-15(8)10-2-4-20-5-3-10/h9-10,17H,2-7H2,1H3. The van der Waals surface area contributed by atoms with Gasteiger partial charge in [0, 0.05) is 13.2 Å². The van der Waals surface area contributed by atoms with E-state index in [-0.39, 0.29) is 30.8 Å². The maximum absolute atomic E-state index is 11.2. The minimum Gasteiger partial charge on any atom is -0.470 e. The fraction of sp³-hybridized carbons (Fsp3) is 0.750. The van der Waals surface area contributed by atoms with Crippen molar-refractivity contribution in [2.45, 2.75) is 31.2 Å². The number of aliphatic hydroxyl groups is 1. The first kappa shape index (κ1) is 16.0. The summed E-state index contributed by atoms with van der Waals surface area (Å²) in [6.45, 7) is 2.57. The summed E-state index contributed by atoms with van der Waals surface area (Å²) >= 11 is 5.75. The second kappa shape index (κ2) is 7.06. The number of nitrogens with zero attached hydrogens (tertiary/aromatic N) is 3. The molecule has 2 heterocycles. The molecule has 8 nitrogen and oxygen atoms in total. The van der Waals surface area contributed by atoms with Crippen molar-refractivity contribution in [3.05, 3.63) is 15.8 Å². The quantitative estimate of drug-likeness (QED) is 0.483. The lowest BCUT2D eigenvalue weighted by molar-refractivity contribution is -0.386. The first-order valence-electron chi connectivity index (χ1n) is 6.73. The van der Waals surface area contributed by atoms with Crippen molar-refractivity contribution in [2.75, 3.05) is 26.4 Å². The molecule has 1 aliphatic heterocycles. The summed E-state index contributed by atoms with van der Waals surface area (Å²) in [7, 11) is 0. The van der Waals surface area contributed by atoms with Crippen LogP contribution in [0, 0.1) is 17.0 Å². The Morgan fingerprint density at radius 1 is 1.62 bits per heavy atom. The molecule has 0 spiro atoms. The van der Waals surface area contributed by atoms with Gasteiger partial charge in [0.25, 0.3) is 0 Å². The van der Waals surface area contributed by atoms with Crippen LogP contribution in [0.15, 0.2) is 0 Å². The van der Waals surface area contributed by atoms with Gasteiger partial charge in [0.05, 0.1) is 22.9 Å². The molecule has 1 atom stereocenters. The van der Waals surface area contributed by atoms with Gasteiger partial charge in [0.15, 0.2) is 0 Å². The van der Waals surface area contributed by atoms with E-state index in [1.54, 1.807) is 11.6 Å². The van der Waals surface area contributed by atoms with Crippen molar-refractivity contribution in [1.82, 2.24) is 9.78 Å². The number of aromatic nitrogens is 2. The van der Waals surface area contributed by atoms with E-state index in [0.29, 0.717) is 18.9 Å². The fourth-order valence-corrected chi connectivity index (χ4v) is 2.36. The van der Waals surface area contributed by atoms with Gasteiger partial charge >= 0.3 is 11.6 Å². The number of alkyl halides is 1. The minimum atomic E-state index is -0.627. The van der Waals surface area contributed by atoms with E-state index in [2.05, 4.69) is 5.10 Å². The zero-order valence-electron chi connectivity index (χ0n) is 11.7. The highest BCUT2D eigenvalue weighted by Crippen LogP contribution is 2.34. The SMILES string of the molecule is Cc1c([N+](=O)[O-])c(OCC(Cl)CO)nn1C1CCOCC1. The van der Waals surface area contributed by atoms with Crippen molar-refractivity contribution in [3.63, 3.8) is 0 Å². The zero-order chi connectivity index (χ0) is 15.4. The lowest BCUT2D eigenvalue weighted by Crippen LogP contribution is -2.21. The second-order valence-electron chi connectivity index (χ2n) is 4.88. The molecule has 1 N–H and O–H groups in total. The number of hydrogen-bond donors (Lipinski definition) is 1. The summed E-state index contributed by atoms with van der Waals surface area (Å²) in [6.07, 6.45) is 1.52. The van der Waals surface area contributed by atoms with Crippen LogP contribution in [0.2, 0.25) is 0 Å². The molecule has 0 radical (unpaired) electrons. The van der Waals surface area contributed by atoms with Gasteiger partial charge in [-0.25, -0.2) is 0 Å². The second-order valence-corrected chi connectivity index (χ2v) is 5.49. The molecule has 0 amide bonds. The molecule has 0 saturated carbocycles. The Morgan fingerprint density at radius 2 is 2.29 bits per heavy atom. The van der Waals surface area contributed by atoms with Crippen LogP contribution in [0.25, 0.3) is 0 Å². The molecule has 1 saturated heterocycles. The fourth-order valence-electron chi connectivity index (χ4n) is 2.30. The van der Waals surface area contributed by atoms with E-state index in [0.717, 1.165) is 12.8 Å². The number of ether oxygens (including phenoxy) is 2. The Labute approximate surface area is 126 Å². The lowest BCUT2D eigenvalue weighted by Gasteiger charge is -2.22. The Bertz CT molecular complexity index is 501. The van der Waals surface area contributed by atoms with Crippen LogP contribution in [0.1, 0.15) is 24.6 Å². The summed E-state index contributed by atoms with van der Waals surface area (Å²) in [4.78, 5) is 10.7. The van der Waals surface area contributed by atoms with Crippen LogP contribution in [0.3, 0.4) is 0 Å². The van der Waals surface area contributed by atoms with E-state index < -0.39 is 10.3 Å². The largest absolute Gasteiger partial charge is 0.470 e. The van der Waals surface area contributed by atoms with Gasteiger partial charge in [-0.2, -0.15) is 0 Å². The van der Waals surface area contributed by atoms with Crippen molar-refractivity contribution < 1.29 is 19.5 Å². The molecule has 1 aromatic heterocycles. The average molecular weight is 320 g/mol. The van der Waals surface area contributed by atoms with Crippen LogP contribution >= 0.6 is 11.6 Å². The number of halogens is 1. The third-order valence-electron chi connectivity index (χ3n) is 3.41. The van der Waals surface area contributed by atoms with Gasteiger partial charge in [-0.1, -0.05) is 0 Å². The highest BCUT2D eigenvalue weighted by atomic mass is 35.5. The molecular formula is C12H18ClN3O5. The molecular weight excluding hydrogens is 302 g/mol. The molecule has 0 aromatic carbocycles.